The third-order valence-corrected chi connectivity index (χ3v) is 3.96. The number of halogens is 14. The molecule has 0 spiro atoms. The van der Waals surface area contributed by atoms with Crippen LogP contribution in [0.15, 0.2) is 0 Å². The van der Waals surface area contributed by atoms with Crippen LogP contribution in [0.4, 0.5) is 66.3 Å². The van der Waals surface area contributed by atoms with Crippen molar-refractivity contribution in [1.29, 1.82) is 0 Å². The second kappa shape index (κ2) is 8.86. The van der Waals surface area contributed by atoms with E-state index in [0.717, 1.165) is 0 Å². The van der Waals surface area contributed by atoms with E-state index < -0.39 is 81.8 Å². The van der Waals surface area contributed by atoms with Gasteiger partial charge < -0.3 is 19.3 Å². The Morgan fingerprint density at radius 3 is 1.03 bits per heavy atom. The molecule has 1 saturated heterocycles. The summed E-state index contributed by atoms with van der Waals surface area (Å²) < 4.78 is 181. The summed E-state index contributed by atoms with van der Waals surface area (Å²) in [5.41, 5.74) is 0. The van der Waals surface area contributed by atoms with Crippen molar-refractivity contribution in [3.05, 3.63) is 0 Å². The molecule has 32 heavy (non-hydrogen) atoms. The topological polar surface area (TPSA) is 42.0 Å². The standard InChI is InChI=1S/C13H12F14N2O3/c14-8(10(16,17)18,11(19,20)21)31-5-3-28-1-2-29(7(28)30)4-6-32-9(15,12(22,23)24)13(25,26)27/h1-6H2. The Balaban J connectivity index is 2.65. The number of amides is 2. The van der Waals surface area contributed by atoms with Gasteiger partial charge in [0.15, 0.2) is 0 Å². The number of urea groups is 1. The van der Waals surface area contributed by atoms with E-state index in [0.29, 0.717) is 9.80 Å². The molecule has 0 unspecified atom stereocenters. The maximum absolute atomic E-state index is 13.3. The van der Waals surface area contributed by atoms with Gasteiger partial charge in [0, 0.05) is 26.2 Å². The molecule has 2 amide bonds. The Bertz CT molecular complexity index is 574. The third kappa shape index (κ3) is 5.57. The molecule has 0 atom stereocenters. The molecule has 19 heteroatoms. The van der Waals surface area contributed by atoms with Crippen LogP contribution >= 0.6 is 0 Å². The van der Waals surface area contributed by atoms with Crippen molar-refractivity contribution >= 4 is 6.03 Å². The quantitative estimate of drug-likeness (QED) is 0.457. The summed E-state index contributed by atoms with van der Waals surface area (Å²) in [6.07, 6.45) is -26.1. The molecule has 1 aliphatic heterocycles. The molecule has 1 aliphatic rings. The van der Waals surface area contributed by atoms with Crippen LogP contribution in [0.5, 0.6) is 0 Å². The Morgan fingerprint density at radius 1 is 0.562 bits per heavy atom. The normalized spacial score (nSPS) is 17.5. The predicted octanol–water partition coefficient (Wildman–Crippen LogP) is 4.34. The first kappa shape index (κ1) is 28.2. The summed E-state index contributed by atoms with van der Waals surface area (Å²) in [6, 6.07) is -1.27. The fourth-order valence-corrected chi connectivity index (χ4v) is 2.29. The smallest absolute Gasteiger partial charge is 0.330 e. The van der Waals surface area contributed by atoms with Crippen LogP contribution < -0.4 is 0 Å². The summed E-state index contributed by atoms with van der Waals surface area (Å²) in [5.74, 6) is -12.1. The lowest BCUT2D eigenvalue weighted by atomic mass is 10.3. The van der Waals surface area contributed by atoms with E-state index in [1.165, 1.54) is 0 Å². The highest BCUT2D eigenvalue weighted by molar-refractivity contribution is 5.76. The third-order valence-electron chi connectivity index (χ3n) is 3.96. The number of carbonyl (C=O) groups excluding carboxylic acids is 1. The first-order chi connectivity index (χ1) is 14.1. The van der Waals surface area contributed by atoms with Crippen molar-refractivity contribution in [1.82, 2.24) is 9.80 Å². The average Bonchev–Trinajstić information content (AvgIpc) is 2.91. The lowest BCUT2D eigenvalue weighted by Crippen LogP contribution is -2.56. The molecule has 1 heterocycles. The van der Waals surface area contributed by atoms with Crippen molar-refractivity contribution in [3.8, 4) is 0 Å². The zero-order valence-corrected chi connectivity index (χ0v) is 15.2. The van der Waals surface area contributed by atoms with Crippen molar-refractivity contribution in [2.75, 3.05) is 39.4 Å². The largest absolute Gasteiger partial charge is 0.458 e. The molecule has 190 valence electrons. The molecule has 1 fully saturated rings. The van der Waals surface area contributed by atoms with Crippen LogP contribution in [-0.4, -0.2) is 91.6 Å². The molecular weight excluding hydrogens is 498 g/mol. The molecule has 0 N–H and O–H groups in total. The number of hydrogen-bond donors (Lipinski definition) is 0. The van der Waals surface area contributed by atoms with Gasteiger partial charge in [-0.25, -0.2) is 4.79 Å². The fraction of sp³-hybridized carbons (Fsp3) is 0.923. The maximum Gasteiger partial charge on any atom is 0.458 e. The van der Waals surface area contributed by atoms with Gasteiger partial charge in [-0.3, -0.25) is 0 Å². The van der Waals surface area contributed by atoms with E-state index in [9.17, 15) is 66.3 Å². The number of nitrogens with zero attached hydrogens (tertiary/aromatic N) is 2. The van der Waals surface area contributed by atoms with Crippen LogP contribution in [0.3, 0.4) is 0 Å². The summed E-state index contributed by atoms with van der Waals surface area (Å²) >= 11 is 0. The molecule has 0 radical (unpaired) electrons. The highest BCUT2D eigenvalue weighted by Crippen LogP contribution is 2.48. The second-order valence-electron chi connectivity index (χ2n) is 6.14. The van der Waals surface area contributed by atoms with Crippen molar-refractivity contribution in [2.45, 2.75) is 36.4 Å². The van der Waals surface area contributed by atoms with Gasteiger partial charge >= 0.3 is 42.4 Å². The Morgan fingerprint density at radius 2 is 0.812 bits per heavy atom. The second-order valence-corrected chi connectivity index (χ2v) is 6.14. The van der Waals surface area contributed by atoms with Gasteiger partial charge in [-0.2, -0.15) is 61.5 Å². The summed E-state index contributed by atoms with van der Waals surface area (Å²) in [5, 5.41) is 0. The van der Waals surface area contributed by atoms with Crippen LogP contribution in [0.25, 0.3) is 0 Å². The van der Waals surface area contributed by atoms with Crippen LogP contribution in [0, 0.1) is 0 Å². The Labute approximate surface area is 168 Å². The van der Waals surface area contributed by atoms with Gasteiger partial charge in [0.1, 0.15) is 0 Å². The van der Waals surface area contributed by atoms with E-state index in [1.807, 2.05) is 0 Å². The Kier molecular flexibility index (Phi) is 7.82. The molecular formula is C13H12F14N2O3. The van der Waals surface area contributed by atoms with E-state index >= 15 is 0 Å². The summed E-state index contributed by atoms with van der Waals surface area (Å²) in [6.45, 7) is -6.29. The van der Waals surface area contributed by atoms with E-state index in [4.69, 9.17) is 0 Å². The van der Waals surface area contributed by atoms with Gasteiger partial charge in [-0.05, 0) is 0 Å². The number of hydrogen-bond acceptors (Lipinski definition) is 3. The highest BCUT2D eigenvalue weighted by Gasteiger charge is 2.75. The van der Waals surface area contributed by atoms with E-state index in [1.54, 1.807) is 0 Å². The minimum absolute atomic E-state index is 0.473. The molecule has 0 aromatic rings. The minimum Gasteiger partial charge on any atom is -0.330 e. The molecule has 0 bridgehead atoms. The zero-order valence-electron chi connectivity index (χ0n) is 15.2. The lowest BCUT2D eigenvalue weighted by Gasteiger charge is -2.30. The first-order valence-corrected chi connectivity index (χ1v) is 8.05. The predicted molar refractivity (Wildman–Crippen MR) is 72.3 cm³/mol. The van der Waals surface area contributed by atoms with Crippen LogP contribution in [-0.2, 0) is 9.47 Å². The van der Waals surface area contributed by atoms with Gasteiger partial charge in [0.2, 0.25) is 0 Å². The highest BCUT2D eigenvalue weighted by atomic mass is 19.4. The fourth-order valence-electron chi connectivity index (χ4n) is 2.29. The Hall–Kier alpha value is -1.79. The molecule has 0 aliphatic carbocycles. The molecule has 0 saturated carbocycles. The van der Waals surface area contributed by atoms with Crippen molar-refractivity contribution in [2.24, 2.45) is 0 Å². The van der Waals surface area contributed by atoms with Crippen LogP contribution in [0.2, 0.25) is 0 Å². The first-order valence-electron chi connectivity index (χ1n) is 8.05. The van der Waals surface area contributed by atoms with Gasteiger partial charge in [0.05, 0.1) is 13.2 Å². The van der Waals surface area contributed by atoms with Gasteiger partial charge in [-0.15, -0.1) is 0 Å². The number of alkyl halides is 14. The van der Waals surface area contributed by atoms with Gasteiger partial charge in [-0.1, -0.05) is 0 Å². The zero-order chi connectivity index (χ0) is 25.4. The molecule has 0 aromatic heterocycles. The monoisotopic (exact) mass is 510 g/mol. The van der Waals surface area contributed by atoms with Crippen LogP contribution in [0.1, 0.15) is 0 Å². The molecule has 5 nitrogen and oxygen atoms in total. The lowest BCUT2D eigenvalue weighted by molar-refractivity contribution is -0.430. The number of ether oxygens (including phenoxy) is 2. The summed E-state index contributed by atoms with van der Waals surface area (Å²) in [7, 11) is 0. The molecule has 0 aromatic carbocycles. The van der Waals surface area contributed by atoms with Crippen molar-refractivity contribution in [3.63, 3.8) is 0 Å². The van der Waals surface area contributed by atoms with Crippen molar-refractivity contribution < 1.29 is 75.7 Å². The number of carbonyl (C=O) groups is 1. The number of rotatable bonds is 8. The average molecular weight is 510 g/mol. The van der Waals surface area contributed by atoms with E-state index in [2.05, 4.69) is 9.47 Å². The summed E-state index contributed by atoms with van der Waals surface area (Å²) in [4.78, 5) is 12.8. The maximum atomic E-state index is 13.3. The van der Waals surface area contributed by atoms with Gasteiger partial charge in [0.25, 0.3) is 0 Å². The minimum atomic E-state index is -6.51. The van der Waals surface area contributed by atoms with E-state index in [-0.39, 0.29) is 0 Å². The SMILES string of the molecule is O=C1N(CCOC(F)(C(F)(F)F)C(F)(F)F)CCN1CCOC(F)(C(F)(F)F)C(F)(F)F. The molecule has 1 rings (SSSR count).